The zero-order valence-corrected chi connectivity index (χ0v) is 8.04. The van der Waals surface area contributed by atoms with Crippen molar-refractivity contribution in [2.45, 2.75) is 25.3 Å². The van der Waals surface area contributed by atoms with E-state index in [-0.39, 0.29) is 5.54 Å². The largest absolute Gasteiger partial charge is 0.339 e. The van der Waals surface area contributed by atoms with E-state index in [4.69, 9.17) is 5.73 Å². The predicted molar refractivity (Wildman–Crippen MR) is 53.7 cm³/mol. The highest BCUT2D eigenvalue weighted by Crippen LogP contribution is 2.41. The van der Waals surface area contributed by atoms with E-state index in [2.05, 4.69) is 15.0 Å². The molecular weight excluding hydrogens is 176 g/mol. The Hall–Kier alpha value is -1.42. The van der Waals surface area contributed by atoms with Gasteiger partial charge in [0.25, 0.3) is 0 Å². The van der Waals surface area contributed by atoms with Gasteiger partial charge in [0.1, 0.15) is 5.82 Å². The number of hydrogen-bond donors (Lipinski definition) is 2. The quantitative estimate of drug-likeness (QED) is 0.707. The number of aromatic amines is 1. The van der Waals surface area contributed by atoms with Gasteiger partial charge in [-0.25, -0.2) is 9.97 Å². The van der Waals surface area contributed by atoms with Crippen LogP contribution in [0.3, 0.4) is 0 Å². The normalized spacial score (nSPS) is 18.7. The van der Waals surface area contributed by atoms with Gasteiger partial charge < -0.3 is 10.7 Å². The third kappa shape index (κ3) is 1.04. The minimum Gasteiger partial charge on any atom is -0.339 e. The molecule has 1 aliphatic rings. The van der Waals surface area contributed by atoms with Gasteiger partial charge in [-0.1, -0.05) is 0 Å². The van der Waals surface area contributed by atoms with Crippen molar-refractivity contribution in [2.75, 3.05) is 0 Å². The Morgan fingerprint density at radius 1 is 1.36 bits per heavy atom. The Morgan fingerprint density at radius 2 is 2.14 bits per heavy atom. The van der Waals surface area contributed by atoms with Crippen molar-refractivity contribution < 1.29 is 0 Å². The molecule has 1 aliphatic carbocycles. The second-order valence-corrected chi connectivity index (χ2v) is 4.07. The number of rotatable bonds is 1. The molecule has 2 heterocycles. The Labute approximate surface area is 81.6 Å². The lowest BCUT2D eigenvalue weighted by Gasteiger charge is -2.01. The van der Waals surface area contributed by atoms with Crippen LogP contribution in [0.1, 0.15) is 24.4 Å². The molecule has 4 heteroatoms. The zero-order valence-electron chi connectivity index (χ0n) is 8.04. The number of fused-ring (bicyclic) bond motifs is 1. The number of nitrogens with one attached hydrogen (secondary N) is 1. The molecule has 2 aromatic heterocycles. The number of hydrogen-bond acceptors (Lipinski definition) is 3. The summed E-state index contributed by atoms with van der Waals surface area (Å²) in [5.74, 6) is 0.880. The summed E-state index contributed by atoms with van der Waals surface area (Å²) < 4.78 is 0. The molecule has 0 saturated heterocycles. The maximum atomic E-state index is 6.05. The number of pyridine rings is 1. The summed E-state index contributed by atoms with van der Waals surface area (Å²) in [6.07, 6.45) is 2.04. The summed E-state index contributed by atoms with van der Waals surface area (Å²) in [5, 5.41) is 0. The minimum absolute atomic E-state index is 0.200. The molecule has 0 aromatic carbocycles. The van der Waals surface area contributed by atoms with Crippen LogP contribution in [0.25, 0.3) is 11.2 Å². The summed E-state index contributed by atoms with van der Waals surface area (Å²) in [7, 11) is 0. The van der Waals surface area contributed by atoms with Gasteiger partial charge in [-0.3, -0.25) is 0 Å². The first-order chi connectivity index (χ1) is 6.67. The van der Waals surface area contributed by atoms with Crippen LogP contribution in [0.2, 0.25) is 0 Å². The average Bonchev–Trinajstić information content (AvgIpc) is 2.77. The van der Waals surface area contributed by atoms with E-state index in [1.165, 1.54) is 0 Å². The molecule has 0 unspecified atom stereocenters. The van der Waals surface area contributed by atoms with Gasteiger partial charge in [0.15, 0.2) is 5.65 Å². The minimum atomic E-state index is -0.200. The SMILES string of the molecule is Cc1ccc2[nH]c(C3(N)CC3)nc2n1. The van der Waals surface area contributed by atoms with Crippen molar-refractivity contribution in [1.82, 2.24) is 15.0 Å². The molecule has 14 heavy (non-hydrogen) atoms. The van der Waals surface area contributed by atoms with Gasteiger partial charge in [0, 0.05) is 5.69 Å². The number of imidazole rings is 1. The molecule has 0 atom stereocenters. The summed E-state index contributed by atoms with van der Waals surface area (Å²) in [6, 6.07) is 3.97. The van der Waals surface area contributed by atoms with Gasteiger partial charge in [0.2, 0.25) is 0 Å². The highest BCUT2D eigenvalue weighted by atomic mass is 15.1. The van der Waals surface area contributed by atoms with Gasteiger partial charge >= 0.3 is 0 Å². The predicted octanol–water partition coefficient (Wildman–Crippen LogP) is 1.21. The average molecular weight is 188 g/mol. The van der Waals surface area contributed by atoms with Crippen molar-refractivity contribution in [3.63, 3.8) is 0 Å². The third-order valence-corrected chi connectivity index (χ3v) is 2.75. The van der Waals surface area contributed by atoms with E-state index in [0.29, 0.717) is 0 Å². The van der Waals surface area contributed by atoms with Gasteiger partial charge in [0.05, 0.1) is 11.1 Å². The number of aryl methyl sites for hydroxylation is 1. The number of aromatic nitrogens is 3. The van der Waals surface area contributed by atoms with Crippen LogP contribution >= 0.6 is 0 Å². The third-order valence-electron chi connectivity index (χ3n) is 2.75. The van der Waals surface area contributed by atoms with Crippen LogP contribution < -0.4 is 5.73 Å². The zero-order chi connectivity index (χ0) is 9.76. The van der Waals surface area contributed by atoms with Crippen molar-refractivity contribution >= 4 is 11.2 Å². The van der Waals surface area contributed by atoms with Gasteiger partial charge in [-0.15, -0.1) is 0 Å². The van der Waals surface area contributed by atoms with Crippen LogP contribution in [0.4, 0.5) is 0 Å². The van der Waals surface area contributed by atoms with Crippen LogP contribution in [-0.2, 0) is 5.54 Å². The smallest absolute Gasteiger partial charge is 0.178 e. The van der Waals surface area contributed by atoms with Crippen molar-refractivity contribution in [1.29, 1.82) is 0 Å². The molecule has 72 valence electrons. The van der Waals surface area contributed by atoms with E-state index in [9.17, 15) is 0 Å². The topological polar surface area (TPSA) is 67.6 Å². The Kier molecular flexibility index (Phi) is 1.32. The summed E-state index contributed by atoms with van der Waals surface area (Å²) in [4.78, 5) is 12.0. The van der Waals surface area contributed by atoms with E-state index in [1.54, 1.807) is 0 Å². The Morgan fingerprint density at radius 3 is 2.86 bits per heavy atom. The molecule has 4 nitrogen and oxygen atoms in total. The summed E-state index contributed by atoms with van der Waals surface area (Å²) in [6.45, 7) is 1.96. The fourth-order valence-electron chi connectivity index (χ4n) is 1.59. The lowest BCUT2D eigenvalue weighted by Crippen LogP contribution is -2.20. The maximum Gasteiger partial charge on any atom is 0.178 e. The first-order valence-corrected chi connectivity index (χ1v) is 4.80. The molecule has 0 amide bonds. The van der Waals surface area contributed by atoms with E-state index in [1.807, 2.05) is 19.1 Å². The van der Waals surface area contributed by atoms with E-state index in [0.717, 1.165) is 35.5 Å². The van der Waals surface area contributed by atoms with Crippen molar-refractivity contribution in [2.24, 2.45) is 5.73 Å². The molecule has 0 bridgehead atoms. The molecule has 2 aromatic rings. The highest BCUT2D eigenvalue weighted by molar-refractivity contribution is 5.71. The maximum absolute atomic E-state index is 6.05. The first-order valence-electron chi connectivity index (χ1n) is 4.80. The lowest BCUT2D eigenvalue weighted by molar-refractivity contribution is 0.688. The fraction of sp³-hybridized carbons (Fsp3) is 0.400. The first kappa shape index (κ1) is 7.94. The molecule has 3 rings (SSSR count). The summed E-state index contributed by atoms with van der Waals surface area (Å²) in [5.41, 5.74) is 8.58. The van der Waals surface area contributed by atoms with Crippen LogP contribution in [-0.4, -0.2) is 15.0 Å². The van der Waals surface area contributed by atoms with Crippen molar-refractivity contribution in [3.8, 4) is 0 Å². The summed E-state index contributed by atoms with van der Waals surface area (Å²) >= 11 is 0. The standard InChI is InChI=1S/C10H12N4/c1-6-2-3-7-8(12-6)14-9(13-7)10(11)4-5-10/h2-3H,4-5,11H2,1H3,(H,12,13,14). The molecular formula is C10H12N4. The fourth-order valence-corrected chi connectivity index (χ4v) is 1.59. The molecule has 0 aliphatic heterocycles. The molecule has 1 saturated carbocycles. The number of nitrogens with two attached hydrogens (primary N) is 1. The van der Waals surface area contributed by atoms with Crippen LogP contribution in [0.5, 0.6) is 0 Å². The van der Waals surface area contributed by atoms with E-state index < -0.39 is 0 Å². The van der Waals surface area contributed by atoms with Crippen LogP contribution in [0, 0.1) is 6.92 Å². The lowest BCUT2D eigenvalue weighted by atomic mass is 10.3. The molecule has 1 fully saturated rings. The Bertz CT molecular complexity index is 496. The highest BCUT2D eigenvalue weighted by Gasteiger charge is 2.43. The Balaban J connectivity index is 2.20. The number of nitrogens with zero attached hydrogens (tertiary/aromatic N) is 2. The second kappa shape index (κ2) is 2.33. The van der Waals surface area contributed by atoms with E-state index >= 15 is 0 Å². The van der Waals surface area contributed by atoms with Gasteiger partial charge in [-0.2, -0.15) is 0 Å². The van der Waals surface area contributed by atoms with Crippen molar-refractivity contribution in [3.05, 3.63) is 23.7 Å². The molecule has 3 N–H and O–H groups in total. The monoisotopic (exact) mass is 188 g/mol. The van der Waals surface area contributed by atoms with Crippen LogP contribution in [0.15, 0.2) is 12.1 Å². The molecule has 0 radical (unpaired) electrons. The molecule has 0 spiro atoms. The second-order valence-electron chi connectivity index (χ2n) is 4.07. The van der Waals surface area contributed by atoms with Gasteiger partial charge in [-0.05, 0) is 31.9 Å². The number of H-pyrrole nitrogens is 1.